The standard InChI is InChI=1S/C17H25NO/c1-13-11-14(12-19)8-9-16(13)18-10-4-7-17(18)15-5-2-3-6-15/h8-9,11,15,17,19H,2-7,10,12H2,1H3. The van der Waals surface area contributed by atoms with E-state index in [0.29, 0.717) is 0 Å². The summed E-state index contributed by atoms with van der Waals surface area (Å²) in [7, 11) is 0. The van der Waals surface area contributed by atoms with Gasteiger partial charge >= 0.3 is 0 Å². The molecule has 1 heterocycles. The zero-order chi connectivity index (χ0) is 13.2. The molecule has 0 amide bonds. The summed E-state index contributed by atoms with van der Waals surface area (Å²) in [6.07, 6.45) is 8.41. The number of aliphatic hydroxyl groups excluding tert-OH is 1. The number of hydrogen-bond donors (Lipinski definition) is 1. The molecule has 1 saturated heterocycles. The number of anilines is 1. The lowest BCUT2D eigenvalue weighted by Crippen LogP contribution is -2.35. The molecule has 1 atom stereocenters. The first-order chi connectivity index (χ1) is 9.29. The highest BCUT2D eigenvalue weighted by Gasteiger charge is 2.33. The van der Waals surface area contributed by atoms with E-state index in [1.54, 1.807) is 0 Å². The first-order valence-corrected chi connectivity index (χ1v) is 7.76. The Morgan fingerprint density at radius 1 is 1.16 bits per heavy atom. The minimum Gasteiger partial charge on any atom is -0.392 e. The van der Waals surface area contributed by atoms with Gasteiger partial charge in [0.15, 0.2) is 0 Å². The van der Waals surface area contributed by atoms with Crippen molar-refractivity contribution < 1.29 is 5.11 Å². The summed E-state index contributed by atoms with van der Waals surface area (Å²) in [5, 5.41) is 9.23. The van der Waals surface area contributed by atoms with Crippen molar-refractivity contribution in [2.45, 2.75) is 58.1 Å². The number of nitrogens with zero attached hydrogens (tertiary/aromatic N) is 1. The highest BCUT2D eigenvalue weighted by Crippen LogP contribution is 2.38. The molecule has 2 heteroatoms. The number of rotatable bonds is 3. The molecule has 0 aromatic heterocycles. The largest absolute Gasteiger partial charge is 0.392 e. The molecule has 0 spiro atoms. The van der Waals surface area contributed by atoms with Gasteiger partial charge in [-0.05, 0) is 55.7 Å². The second kappa shape index (κ2) is 5.54. The van der Waals surface area contributed by atoms with Gasteiger partial charge in [-0.15, -0.1) is 0 Å². The first-order valence-electron chi connectivity index (χ1n) is 7.76. The van der Waals surface area contributed by atoms with Crippen molar-refractivity contribution >= 4 is 5.69 Å². The van der Waals surface area contributed by atoms with Crippen LogP contribution in [0.15, 0.2) is 18.2 Å². The fourth-order valence-electron chi connectivity index (χ4n) is 4.06. The average Bonchev–Trinajstić information content (AvgIpc) is 3.08. The molecule has 2 fully saturated rings. The van der Waals surface area contributed by atoms with Crippen LogP contribution in [0.25, 0.3) is 0 Å². The zero-order valence-electron chi connectivity index (χ0n) is 11.9. The summed E-state index contributed by atoms with van der Waals surface area (Å²) in [5.41, 5.74) is 3.74. The predicted molar refractivity (Wildman–Crippen MR) is 79.4 cm³/mol. The summed E-state index contributed by atoms with van der Waals surface area (Å²) in [4.78, 5) is 2.65. The van der Waals surface area contributed by atoms with E-state index in [0.717, 1.165) is 17.5 Å². The topological polar surface area (TPSA) is 23.5 Å². The van der Waals surface area contributed by atoms with Gasteiger partial charge in [0, 0.05) is 18.3 Å². The molecule has 2 aliphatic rings. The van der Waals surface area contributed by atoms with Crippen LogP contribution in [-0.4, -0.2) is 17.7 Å². The minimum absolute atomic E-state index is 0.146. The average molecular weight is 259 g/mol. The van der Waals surface area contributed by atoms with Crippen LogP contribution in [0.2, 0.25) is 0 Å². The fourth-order valence-corrected chi connectivity index (χ4v) is 4.06. The van der Waals surface area contributed by atoms with Gasteiger partial charge in [0.1, 0.15) is 0 Å². The molecule has 1 unspecified atom stereocenters. The maximum Gasteiger partial charge on any atom is 0.0681 e. The summed E-state index contributed by atoms with van der Waals surface area (Å²) >= 11 is 0. The van der Waals surface area contributed by atoms with Crippen molar-refractivity contribution in [1.29, 1.82) is 0 Å². The molecular weight excluding hydrogens is 234 g/mol. The Labute approximate surface area is 116 Å². The Bertz CT molecular complexity index is 437. The van der Waals surface area contributed by atoms with Gasteiger partial charge in [-0.2, -0.15) is 0 Å². The van der Waals surface area contributed by atoms with Gasteiger partial charge in [0.25, 0.3) is 0 Å². The molecule has 0 bridgehead atoms. The third-order valence-electron chi connectivity index (χ3n) is 5.00. The van der Waals surface area contributed by atoms with E-state index in [9.17, 15) is 5.11 Å². The quantitative estimate of drug-likeness (QED) is 0.895. The Hall–Kier alpha value is -1.02. The lowest BCUT2D eigenvalue weighted by molar-refractivity contribution is 0.282. The second-order valence-electron chi connectivity index (χ2n) is 6.23. The monoisotopic (exact) mass is 259 g/mol. The van der Waals surface area contributed by atoms with Crippen LogP contribution in [-0.2, 0) is 6.61 Å². The van der Waals surface area contributed by atoms with Crippen LogP contribution in [0.3, 0.4) is 0 Å². The number of benzene rings is 1. The third-order valence-corrected chi connectivity index (χ3v) is 5.00. The van der Waals surface area contributed by atoms with E-state index in [2.05, 4.69) is 30.0 Å². The number of aliphatic hydroxyl groups is 1. The van der Waals surface area contributed by atoms with Crippen LogP contribution in [0.4, 0.5) is 5.69 Å². The number of hydrogen-bond acceptors (Lipinski definition) is 2. The van der Waals surface area contributed by atoms with E-state index in [4.69, 9.17) is 0 Å². The van der Waals surface area contributed by atoms with Crippen LogP contribution in [0, 0.1) is 12.8 Å². The Morgan fingerprint density at radius 3 is 2.63 bits per heavy atom. The van der Waals surface area contributed by atoms with Crippen LogP contribution >= 0.6 is 0 Å². The van der Waals surface area contributed by atoms with E-state index >= 15 is 0 Å². The Morgan fingerprint density at radius 2 is 1.95 bits per heavy atom. The highest BCUT2D eigenvalue weighted by atomic mass is 16.3. The number of aryl methyl sites for hydroxylation is 1. The second-order valence-corrected chi connectivity index (χ2v) is 6.23. The SMILES string of the molecule is Cc1cc(CO)ccc1N1CCCC1C1CCCC1. The van der Waals surface area contributed by atoms with Crippen molar-refractivity contribution in [2.24, 2.45) is 5.92 Å². The van der Waals surface area contributed by atoms with Gasteiger partial charge in [0.2, 0.25) is 0 Å². The Balaban J connectivity index is 1.83. The lowest BCUT2D eigenvalue weighted by Gasteiger charge is -2.32. The molecule has 0 radical (unpaired) electrons. The van der Waals surface area contributed by atoms with Crippen molar-refractivity contribution in [2.75, 3.05) is 11.4 Å². The first kappa shape index (κ1) is 13.0. The van der Waals surface area contributed by atoms with Gasteiger partial charge in [0.05, 0.1) is 6.61 Å². The van der Waals surface area contributed by atoms with Crippen molar-refractivity contribution in [1.82, 2.24) is 0 Å². The molecule has 3 rings (SSSR count). The smallest absolute Gasteiger partial charge is 0.0681 e. The molecule has 104 valence electrons. The van der Waals surface area contributed by atoms with E-state index in [-0.39, 0.29) is 6.61 Å². The normalized spacial score (nSPS) is 24.3. The molecule has 1 N–H and O–H groups in total. The van der Waals surface area contributed by atoms with Crippen molar-refractivity contribution in [3.63, 3.8) is 0 Å². The molecule has 1 aliphatic carbocycles. The van der Waals surface area contributed by atoms with E-state index < -0.39 is 0 Å². The van der Waals surface area contributed by atoms with Crippen molar-refractivity contribution in [3.05, 3.63) is 29.3 Å². The maximum absolute atomic E-state index is 9.23. The van der Waals surface area contributed by atoms with Gasteiger partial charge in [-0.1, -0.05) is 25.0 Å². The van der Waals surface area contributed by atoms with E-state index in [1.807, 2.05) is 0 Å². The molecule has 1 aromatic rings. The summed E-state index contributed by atoms with van der Waals surface area (Å²) in [6.45, 7) is 3.53. The van der Waals surface area contributed by atoms with Gasteiger partial charge in [-0.25, -0.2) is 0 Å². The fraction of sp³-hybridized carbons (Fsp3) is 0.647. The van der Waals surface area contributed by atoms with Crippen LogP contribution in [0.1, 0.15) is 49.7 Å². The molecule has 1 aromatic carbocycles. The summed E-state index contributed by atoms with van der Waals surface area (Å²) in [5.74, 6) is 0.916. The highest BCUT2D eigenvalue weighted by molar-refractivity contribution is 5.56. The van der Waals surface area contributed by atoms with Crippen LogP contribution < -0.4 is 4.90 Å². The lowest BCUT2D eigenvalue weighted by atomic mass is 9.95. The van der Waals surface area contributed by atoms with Gasteiger partial charge in [-0.3, -0.25) is 0 Å². The van der Waals surface area contributed by atoms with Gasteiger partial charge < -0.3 is 10.0 Å². The molecular formula is C17H25NO. The maximum atomic E-state index is 9.23. The zero-order valence-corrected chi connectivity index (χ0v) is 11.9. The Kier molecular flexibility index (Phi) is 3.79. The molecule has 19 heavy (non-hydrogen) atoms. The minimum atomic E-state index is 0.146. The summed E-state index contributed by atoms with van der Waals surface area (Å²) < 4.78 is 0. The molecule has 2 nitrogen and oxygen atoms in total. The van der Waals surface area contributed by atoms with E-state index in [1.165, 1.54) is 56.3 Å². The molecule has 1 saturated carbocycles. The summed E-state index contributed by atoms with van der Waals surface area (Å²) in [6, 6.07) is 7.20. The third kappa shape index (κ3) is 2.51. The molecule has 1 aliphatic heterocycles. The predicted octanol–water partition coefficient (Wildman–Crippen LogP) is 3.65. The van der Waals surface area contributed by atoms with Crippen molar-refractivity contribution in [3.8, 4) is 0 Å². The van der Waals surface area contributed by atoms with Crippen LogP contribution in [0.5, 0.6) is 0 Å².